The van der Waals surface area contributed by atoms with Crippen molar-refractivity contribution in [3.63, 3.8) is 0 Å². The molecule has 1 heterocycles. The monoisotopic (exact) mass is 277 g/mol. The number of rotatable bonds is 6. The summed E-state index contributed by atoms with van der Waals surface area (Å²) in [4.78, 5) is 13.5. The van der Waals surface area contributed by atoms with Crippen LogP contribution in [0.3, 0.4) is 0 Å². The van der Waals surface area contributed by atoms with Crippen molar-refractivity contribution in [1.29, 1.82) is 0 Å². The smallest absolute Gasteiger partial charge is 0.119 e. The Labute approximate surface area is 108 Å². The van der Waals surface area contributed by atoms with Gasteiger partial charge in [-0.3, -0.25) is 4.98 Å². The molecule has 0 unspecified atom stereocenters. The first-order chi connectivity index (χ1) is 7.77. The first kappa shape index (κ1) is 13.6. The summed E-state index contributed by atoms with van der Waals surface area (Å²) >= 11 is 1.56. The lowest BCUT2D eigenvalue weighted by molar-refractivity contribution is 0.160. The van der Waals surface area contributed by atoms with Gasteiger partial charge in [0.1, 0.15) is 17.3 Å². The number of aryl methyl sites for hydroxylation is 1. The van der Waals surface area contributed by atoms with Crippen LogP contribution >= 0.6 is 33.4 Å². The van der Waals surface area contributed by atoms with Crippen molar-refractivity contribution in [3.8, 4) is 0 Å². The van der Waals surface area contributed by atoms with Gasteiger partial charge in [-0.25, -0.2) is 4.98 Å². The minimum absolute atomic E-state index is 0.542. The Balaban J connectivity index is 2.72. The van der Waals surface area contributed by atoms with Crippen LogP contribution in [0.1, 0.15) is 18.3 Å². The average Bonchev–Trinajstić information content (AvgIpc) is 2.30. The topological polar surface area (TPSA) is 47.4 Å². The minimum atomic E-state index is 0.542. The van der Waals surface area contributed by atoms with Gasteiger partial charge in [-0.1, -0.05) is 16.9 Å². The zero-order valence-corrected chi connectivity index (χ0v) is 11.4. The van der Waals surface area contributed by atoms with Crippen LogP contribution in [0.4, 0.5) is 0 Å². The highest BCUT2D eigenvalue weighted by Gasteiger charge is 2.03. The van der Waals surface area contributed by atoms with Gasteiger partial charge in [0, 0.05) is 0 Å². The van der Waals surface area contributed by atoms with Crippen LogP contribution in [-0.2, 0) is 4.84 Å². The van der Waals surface area contributed by atoms with Crippen LogP contribution in [0.2, 0.25) is 0 Å². The van der Waals surface area contributed by atoms with E-state index in [1.165, 1.54) is 11.0 Å². The van der Waals surface area contributed by atoms with Gasteiger partial charge in [-0.05, 0) is 35.5 Å². The van der Waals surface area contributed by atoms with E-state index in [0.717, 1.165) is 15.8 Å². The van der Waals surface area contributed by atoms with Crippen molar-refractivity contribution in [2.75, 3.05) is 11.7 Å². The molecule has 1 aromatic rings. The Kier molecular flexibility index (Phi) is 6.59. The van der Waals surface area contributed by atoms with Crippen LogP contribution in [0.25, 0.3) is 0 Å². The summed E-state index contributed by atoms with van der Waals surface area (Å²) in [7, 11) is 6.79. The Morgan fingerprint density at radius 2 is 2.44 bits per heavy atom. The van der Waals surface area contributed by atoms with Crippen LogP contribution in [0.5, 0.6) is 0 Å². The van der Waals surface area contributed by atoms with Crippen LogP contribution in [0.15, 0.2) is 16.4 Å². The van der Waals surface area contributed by atoms with Crippen molar-refractivity contribution in [2.45, 2.75) is 18.9 Å². The van der Waals surface area contributed by atoms with Crippen molar-refractivity contribution in [2.24, 2.45) is 5.16 Å². The lowest BCUT2D eigenvalue weighted by atomic mass is 10.4. The first-order valence-corrected chi connectivity index (χ1v) is 7.43. The molecule has 0 atom stereocenters. The lowest BCUT2D eigenvalue weighted by Crippen LogP contribution is -1.96. The van der Waals surface area contributed by atoms with E-state index < -0.39 is 0 Å². The molecule has 0 fully saturated rings. The van der Waals surface area contributed by atoms with Crippen molar-refractivity contribution in [1.82, 2.24) is 9.97 Å². The quantitative estimate of drug-likeness (QED) is 0.346. The van der Waals surface area contributed by atoms with E-state index >= 15 is 0 Å². The molecule has 0 saturated heterocycles. The third-order valence-corrected chi connectivity index (χ3v) is 3.85. The van der Waals surface area contributed by atoms with Crippen molar-refractivity contribution in [3.05, 3.63) is 17.6 Å². The molecule has 7 heteroatoms. The second-order valence-electron chi connectivity index (χ2n) is 2.71. The molecule has 1 aromatic heterocycles. The second kappa shape index (κ2) is 7.76. The first-order valence-electron chi connectivity index (χ1n) is 4.63. The summed E-state index contributed by atoms with van der Waals surface area (Å²) in [5, 5.41) is 5.35. The molecular weight excluding hydrogens is 266 g/mol. The molecule has 0 aliphatic heterocycles. The number of halogens is 1. The third kappa shape index (κ3) is 4.59. The van der Waals surface area contributed by atoms with E-state index in [2.05, 4.69) is 15.1 Å². The maximum absolute atomic E-state index is 5.55. The summed E-state index contributed by atoms with van der Waals surface area (Å²) in [6, 6.07) is 0. The summed E-state index contributed by atoms with van der Waals surface area (Å²) < 4.78 is 0. The number of thioether (sulfide) groups is 1. The van der Waals surface area contributed by atoms with Gasteiger partial charge in [0.25, 0.3) is 0 Å². The number of oxime groups is 1. The Hall–Kier alpha value is -0.460. The molecule has 16 heavy (non-hydrogen) atoms. The fourth-order valence-electron chi connectivity index (χ4n) is 0.888. The van der Waals surface area contributed by atoms with E-state index in [-0.39, 0.29) is 0 Å². The van der Waals surface area contributed by atoms with Crippen molar-refractivity contribution >= 4 is 39.6 Å². The Morgan fingerprint density at radius 3 is 3.12 bits per heavy atom. The number of hydrogen-bond acceptors (Lipinski definition) is 6. The molecule has 0 saturated carbocycles. The van der Waals surface area contributed by atoms with Crippen LogP contribution in [0, 0.1) is 6.92 Å². The molecule has 0 aromatic carbocycles. The number of nitrogens with zero attached hydrogens (tertiary/aromatic N) is 3. The summed E-state index contributed by atoms with van der Waals surface area (Å²) in [5.41, 5.74) is 1.57. The van der Waals surface area contributed by atoms with Gasteiger partial charge >= 0.3 is 0 Å². The SMILES string of the molecule is CCO/N=C/c1cnc(C)c(SCSCl)n1. The van der Waals surface area contributed by atoms with E-state index in [9.17, 15) is 0 Å². The third-order valence-electron chi connectivity index (χ3n) is 1.56. The zero-order chi connectivity index (χ0) is 11.8. The Bertz CT molecular complexity index is 363. The molecule has 0 N–H and O–H groups in total. The predicted molar refractivity (Wildman–Crippen MR) is 70.2 cm³/mol. The van der Waals surface area contributed by atoms with E-state index in [1.807, 2.05) is 13.8 Å². The fraction of sp³-hybridized carbons (Fsp3) is 0.444. The van der Waals surface area contributed by atoms with E-state index in [1.54, 1.807) is 24.2 Å². The maximum atomic E-state index is 5.55. The minimum Gasteiger partial charge on any atom is -0.396 e. The molecule has 4 nitrogen and oxygen atoms in total. The second-order valence-corrected chi connectivity index (χ2v) is 5.20. The van der Waals surface area contributed by atoms with Crippen LogP contribution < -0.4 is 0 Å². The molecule has 0 radical (unpaired) electrons. The van der Waals surface area contributed by atoms with Gasteiger partial charge in [0.2, 0.25) is 0 Å². The Morgan fingerprint density at radius 1 is 1.62 bits per heavy atom. The van der Waals surface area contributed by atoms with Gasteiger partial charge in [0.05, 0.1) is 23.2 Å². The van der Waals surface area contributed by atoms with E-state index in [4.69, 9.17) is 15.5 Å². The largest absolute Gasteiger partial charge is 0.396 e. The average molecular weight is 278 g/mol. The van der Waals surface area contributed by atoms with Gasteiger partial charge in [-0.15, -0.1) is 0 Å². The zero-order valence-electron chi connectivity index (χ0n) is 9.01. The molecule has 88 valence electrons. The standard InChI is InChI=1S/C9H12ClN3OS2/c1-3-14-12-5-8-4-11-7(2)9(13-8)15-6-16-10/h4-5H,3,6H2,1-2H3/b12-5+. The van der Waals surface area contributed by atoms with Gasteiger partial charge in [0.15, 0.2) is 0 Å². The molecule has 1 rings (SSSR count). The molecule has 0 aliphatic carbocycles. The number of hydrogen-bond donors (Lipinski definition) is 0. The maximum Gasteiger partial charge on any atom is 0.119 e. The highest BCUT2D eigenvalue weighted by molar-refractivity contribution is 8.29. The lowest BCUT2D eigenvalue weighted by Gasteiger charge is -2.02. The number of aromatic nitrogens is 2. The molecule has 0 spiro atoms. The summed E-state index contributed by atoms with van der Waals surface area (Å²) in [5.74, 6) is 0. The van der Waals surface area contributed by atoms with Crippen molar-refractivity contribution < 1.29 is 4.84 Å². The fourth-order valence-corrected chi connectivity index (χ4v) is 2.35. The molecule has 0 amide bonds. The summed E-state index contributed by atoms with van der Waals surface area (Å²) in [6.07, 6.45) is 3.21. The molecule has 0 bridgehead atoms. The normalized spacial score (nSPS) is 10.9. The van der Waals surface area contributed by atoms with Gasteiger partial charge in [-0.2, -0.15) is 0 Å². The van der Waals surface area contributed by atoms with Crippen LogP contribution in [-0.4, -0.2) is 27.9 Å². The molecule has 0 aliphatic rings. The predicted octanol–water partition coefficient (Wildman–Crippen LogP) is 3.09. The summed E-state index contributed by atoms with van der Waals surface area (Å²) in [6.45, 7) is 4.33. The highest BCUT2D eigenvalue weighted by atomic mass is 35.7. The molecular formula is C9H12ClN3OS2. The van der Waals surface area contributed by atoms with E-state index in [0.29, 0.717) is 12.3 Å². The highest BCUT2D eigenvalue weighted by Crippen LogP contribution is 2.24. The van der Waals surface area contributed by atoms with Gasteiger partial charge < -0.3 is 4.84 Å².